The van der Waals surface area contributed by atoms with Crippen LogP contribution in [0.15, 0.2) is 36.9 Å². The van der Waals surface area contributed by atoms with Gasteiger partial charge in [-0.25, -0.2) is 0 Å². The summed E-state index contributed by atoms with van der Waals surface area (Å²) in [6.07, 6.45) is 6.80. The smallest absolute Gasteiger partial charge is 0.253 e. The highest BCUT2D eigenvalue weighted by Gasteiger charge is 2.05. The third-order valence-electron chi connectivity index (χ3n) is 2.59. The van der Waals surface area contributed by atoms with Gasteiger partial charge in [-0.1, -0.05) is 0 Å². The Hall–Kier alpha value is -2.21. The molecule has 0 fully saturated rings. The molecule has 2 aromatic rings. The zero-order chi connectivity index (χ0) is 13.5. The van der Waals surface area contributed by atoms with Crippen LogP contribution in [-0.4, -0.2) is 34.4 Å². The van der Waals surface area contributed by atoms with Gasteiger partial charge in [-0.3, -0.25) is 14.5 Å². The largest absolute Gasteiger partial charge is 0.383 e. The van der Waals surface area contributed by atoms with Gasteiger partial charge in [0.15, 0.2) is 0 Å². The first kappa shape index (κ1) is 13.2. The van der Waals surface area contributed by atoms with Crippen LogP contribution in [0.2, 0.25) is 0 Å². The van der Waals surface area contributed by atoms with Crippen molar-refractivity contribution in [3.63, 3.8) is 0 Å². The summed E-state index contributed by atoms with van der Waals surface area (Å²) >= 11 is 0. The highest BCUT2D eigenvalue weighted by Crippen LogP contribution is 2.00. The summed E-state index contributed by atoms with van der Waals surface area (Å²) in [6.45, 7) is 1.76. The van der Waals surface area contributed by atoms with E-state index in [4.69, 9.17) is 4.74 Å². The number of ether oxygens (including phenoxy) is 1. The molecule has 0 saturated carbocycles. The van der Waals surface area contributed by atoms with E-state index in [0.29, 0.717) is 25.3 Å². The summed E-state index contributed by atoms with van der Waals surface area (Å²) in [6, 6.07) is 3.46. The molecule has 100 valence electrons. The molecule has 0 spiro atoms. The molecular weight excluding hydrogens is 244 g/mol. The summed E-state index contributed by atoms with van der Waals surface area (Å²) in [5.41, 5.74) is 1.50. The van der Waals surface area contributed by atoms with E-state index >= 15 is 0 Å². The van der Waals surface area contributed by atoms with Gasteiger partial charge in [0.1, 0.15) is 0 Å². The SMILES string of the molecule is COCCn1cc(CNC(=O)c2cccnc2)cn1. The van der Waals surface area contributed by atoms with E-state index in [1.807, 2.05) is 6.20 Å². The predicted molar refractivity (Wildman–Crippen MR) is 69.5 cm³/mol. The minimum Gasteiger partial charge on any atom is -0.383 e. The normalized spacial score (nSPS) is 10.4. The molecule has 1 amide bonds. The molecule has 0 radical (unpaired) electrons. The topological polar surface area (TPSA) is 69.0 Å². The quantitative estimate of drug-likeness (QED) is 0.836. The minimum atomic E-state index is -0.141. The molecule has 0 bridgehead atoms. The molecule has 0 unspecified atom stereocenters. The van der Waals surface area contributed by atoms with Crippen molar-refractivity contribution < 1.29 is 9.53 Å². The third-order valence-corrected chi connectivity index (χ3v) is 2.59. The Morgan fingerprint density at radius 2 is 2.37 bits per heavy atom. The number of carbonyl (C=O) groups excluding carboxylic acids is 1. The van der Waals surface area contributed by atoms with Gasteiger partial charge in [-0.15, -0.1) is 0 Å². The van der Waals surface area contributed by atoms with E-state index in [1.165, 1.54) is 6.20 Å². The van der Waals surface area contributed by atoms with Crippen molar-refractivity contribution in [2.45, 2.75) is 13.1 Å². The highest BCUT2D eigenvalue weighted by molar-refractivity contribution is 5.93. The summed E-state index contributed by atoms with van der Waals surface area (Å²) < 4.78 is 6.76. The van der Waals surface area contributed by atoms with Gasteiger partial charge in [0, 0.05) is 37.8 Å². The molecule has 2 aromatic heterocycles. The fraction of sp³-hybridized carbons (Fsp3) is 0.308. The molecule has 2 heterocycles. The molecule has 0 atom stereocenters. The Labute approximate surface area is 111 Å². The summed E-state index contributed by atoms with van der Waals surface area (Å²) in [5.74, 6) is -0.141. The van der Waals surface area contributed by atoms with Crippen LogP contribution in [-0.2, 0) is 17.8 Å². The summed E-state index contributed by atoms with van der Waals surface area (Å²) in [5, 5.41) is 7.00. The lowest BCUT2D eigenvalue weighted by atomic mass is 10.2. The van der Waals surface area contributed by atoms with E-state index in [1.54, 1.807) is 36.3 Å². The number of nitrogens with zero attached hydrogens (tertiary/aromatic N) is 3. The van der Waals surface area contributed by atoms with Gasteiger partial charge >= 0.3 is 0 Å². The van der Waals surface area contributed by atoms with E-state index in [-0.39, 0.29) is 5.91 Å². The number of aromatic nitrogens is 3. The Morgan fingerprint density at radius 3 is 3.11 bits per heavy atom. The van der Waals surface area contributed by atoms with E-state index < -0.39 is 0 Å². The molecule has 0 aromatic carbocycles. The van der Waals surface area contributed by atoms with Crippen molar-refractivity contribution in [2.24, 2.45) is 0 Å². The monoisotopic (exact) mass is 260 g/mol. The van der Waals surface area contributed by atoms with Gasteiger partial charge in [0.25, 0.3) is 5.91 Å². The molecule has 2 rings (SSSR count). The second-order valence-electron chi connectivity index (χ2n) is 4.03. The van der Waals surface area contributed by atoms with Gasteiger partial charge in [0.05, 0.1) is 24.9 Å². The lowest BCUT2D eigenvalue weighted by Crippen LogP contribution is -2.22. The number of carbonyl (C=O) groups is 1. The Balaban J connectivity index is 1.85. The number of rotatable bonds is 6. The second kappa shape index (κ2) is 6.65. The van der Waals surface area contributed by atoms with Gasteiger partial charge in [0.2, 0.25) is 0 Å². The van der Waals surface area contributed by atoms with Crippen LogP contribution in [0.25, 0.3) is 0 Å². The van der Waals surface area contributed by atoms with Crippen molar-refractivity contribution in [2.75, 3.05) is 13.7 Å². The molecule has 1 N–H and O–H groups in total. The zero-order valence-electron chi connectivity index (χ0n) is 10.7. The molecule has 6 nitrogen and oxygen atoms in total. The van der Waals surface area contributed by atoms with Crippen LogP contribution in [0.3, 0.4) is 0 Å². The van der Waals surface area contributed by atoms with Gasteiger partial charge in [-0.05, 0) is 12.1 Å². The number of hydrogen-bond acceptors (Lipinski definition) is 4. The number of amides is 1. The first-order valence-corrected chi connectivity index (χ1v) is 5.98. The second-order valence-corrected chi connectivity index (χ2v) is 4.03. The first-order valence-electron chi connectivity index (χ1n) is 5.98. The number of pyridine rings is 1. The maximum absolute atomic E-state index is 11.8. The molecule has 0 aliphatic rings. The Morgan fingerprint density at radius 1 is 1.47 bits per heavy atom. The van der Waals surface area contributed by atoms with Gasteiger partial charge in [-0.2, -0.15) is 5.10 Å². The standard InChI is InChI=1S/C13H16N4O2/c1-19-6-5-17-10-11(8-16-17)7-15-13(18)12-3-2-4-14-9-12/h2-4,8-10H,5-7H2,1H3,(H,15,18). The van der Waals surface area contributed by atoms with E-state index in [9.17, 15) is 4.79 Å². The number of hydrogen-bond donors (Lipinski definition) is 1. The van der Waals surface area contributed by atoms with Crippen molar-refractivity contribution in [3.05, 3.63) is 48.0 Å². The van der Waals surface area contributed by atoms with E-state index in [0.717, 1.165) is 5.56 Å². The zero-order valence-corrected chi connectivity index (χ0v) is 10.7. The summed E-state index contributed by atoms with van der Waals surface area (Å²) in [7, 11) is 1.65. The van der Waals surface area contributed by atoms with Crippen molar-refractivity contribution in [1.29, 1.82) is 0 Å². The molecule has 19 heavy (non-hydrogen) atoms. The Kier molecular flexibility index (Phi) is 4.63. The lowest BCUT2D eigenvalue weighted by molar-refractivity contribution is 0.0950. The summed E-state index contributed by atoms with van der Waals surface area (Å²) in [4.78, 5) is 15.7. The fourth-order valence-corrected chi connectivity index (χ4v) is 1.59. The maximum atomic E-state index is 11.8. The third kappa shape index (κ3) is 3.89. The van der Waals surface area contributed by atoms with Crippen molar-refractivity contribution >= 4 is 5.91 Å². The fourth-order valence-electron chi connectivity index (χ4n) is 1.59. The highest BCUT2D eigenvalue weighted by atomic mass is 16.5. The average molecular weight is 260 g/mol. The molecule has 6 heteroatoms. The first-order chi connectivity index (χ1) is 9.29. The van der Waals surface area contributed by atoms with Crippen molar-refractivity contribution in [1.82, 2.24) is 20.1 Å². The van der Waals surface area contributed by atoms with Crippen LogP contribution in [0, 0.1) is 0 Å². The van der Waals surface area contributed by atoms with Crippen LogP contribution in [0.5, 0.6) is 0 Å². The van der Waals surface area contributed by atoms with Crippen LogP contribution in [0.4, 0.5) is 0 Å². The minimum absolute atomic E-state index is 0.141. The predicted octanol–water partition coefficient (Wildman–Crippen LogP) is 0.854. The number of methoxy groups -OCH3 is 1. The van der Waals surface area contributed by atoms with Crippen LogP contribution < -0.4 is 5.32 Å². The van der Waals surface area contributed by atoms with Crippen LogP contribution >= 0.6 is 0 Å². The average Bonchev–Trinajstić information content (AvgIpc) is 2.91. The molecular formula is C13H16N4O2. The maximum Gasteiger partial charge on any atom is 0.253 e. The molecule has 0 saturated heterocycles. The van der Waals surface area contributed by atoms with E-state index in [2.05, 4.69) is 15.4 Å². The van der Waals surface area contributed by atoms with Crippen LogP contribution in [0.1, 0.15) is 15.9 Å². The molecule has 0 aliphatic heterocycles. The Bertz CT molecular complexity index is 524. The van der Waals surface area contributed by atoms with Gasteiger partial charge < -0.3 is 10.1 Å². The van der Waals surface area contributed by atoms with Crippen molar-refractivity contribution in [3.8, 4) is 0 Å². The number of nitrogens with one attached hydrogen (secondary N) is 1. The lowest BCUT2D eigenvalue weighted by Gasteiger charge is -2.02. The molecule has 0 aliphatic carbocycles.